The molecule has 1 aliphatic rings. The monoisotopic (exact) mass is 473 g/mol. The minimum absolute atomic E-state index is 0.123. The van der Waals surface area contributed by atoms with Gasteiger partial charge in [-0.25, -0.2) is 0 Å². The molecule has 1 aliphatic heterocycles. The van der Waals surface area contributed by atoms with E-state index in [1.807, 2.05) is 0 Å². The van der Waals surface area contributed by atoms with Crippen LogP contribution in [0.2, 0.25) is 19.6 Å². The van der Waals surface area contributed by atoms with E-state index in [0.29, 0.717) is 12.5 Å². The molecule has 1 fully saturated rings. The molecule has 3 aromatic rings. The third kappa shape index (κ3) is 5.69. The van der Waals surface area contributed by atoms with E-state index in [1.165, 1.54) is 22.3 Å². The van der Waals surface area contributed by atoms with Gasteiger partial charge in [-0.2, -0.15) is 0 Å². The lowest BCUT2D eigenvalue weighted by molar-refractivity contribution is 0.0325. The molecule has 0 saturated carbocycles. The van der Waals surface area contributed by atoms with Gasteiger partial charge >= 0.3 is 0 Å². The van der Waals surface area contributed by atoms with E-state index in [4.69, 9.17) is 9.16 Å². The van der Waals surface area contributed by atoms with Gasteiger partial charge in [-0.05, 0) is 54.2 Å². The minimum Gasteiger partial charge on any atom is -0.403 e. The summed E-state index contributed by atoms with van der Waals surface area (Å²) in [5, 5.41) is 3.80. The van der Waals surface area contributed by atoms with Crippen molar-refractivity contribution >= 4 is 8.32 Å². The molecular weight excluding hydrogens is 434 g/mol. The van der Waals surface area contributed by atoms with Crippen molar-refractivity contribution in [3.05, 3.63) is 107 Å². The van der Waals surface area contributed by atoms with Gasteiger partial charge in [0, 0.05) is 12.6 Å². The molecule has 0 aromatic heterocycles. The number of hydrogen-bond donors (Lipinski definition) is 1. The molecule has 4 rings (SSSR count). The number of nitrogens with one attached hydrogen (secondary N) is 1. The summed E-state index contributed by atoms with van der Waals surface area (Å²) in [5.74, 6) is 0.547. The van der Waals surface area contributed by atoms with E-state index >= 15 is 0 Å². The molecule has 0 spiro atoms. The first-order chi connectivity index (χ1) is 16.3. The maximum Gasteiger partial charge on any atom is 0.185 e. The molecule has 34 heavy (non-hydrogen) atoms. The van der Waals surface area contributed by atoms with Crippen LogP contribution in [0.25, 0.3) is 0 Å². The molecule has 0 unspecified atom stereocenters. The first-order valence-corrected chi connectivity index (χ1v) is 15.9. The fraction of sp³-hybridized carbons (Fsp3) is 0.400. The van der Waals surface area contributed by atoms with Crippen molar-refractivity contribution in [1.82, 2.24) is 5.32 Å². The molecule has 0 aliphatic carbocycles. The Hall–Kier alpha value is -2.24. The van der Waals surface area contributed by atoms with Crippen molar-refractivity contribution in [3.8, 4) is 0 Å². The quantitative estimate of drug-likeness (QED) is 0.345. The molecular formula is C30H39NO2Si. The average Bonchev–Trinajstić information content (AvgIpc) is 3.31. The van der Waals surface area contributed by atoms with Crippen molar-refractivity contribution in [2.45, 2.75) is 70.2 Å². The van der Waals surface area contributed by atoms with Gasteiger partial charge in [-0.3, -0.25) is 0 Å². The highest BCUT2D eigenvalue weighted by atomic mass is 28.4. The Labute approximate surface area is 206 Å². The highest BCUT2D eigenvalue weighted by Gasteiger charge is 2.48. The van der Waals surface area contributed by atoms with Crippen LogP contribution in [0.4, 0.5) is 0 Å². The van der Waals surface area contributed by atoms with Crippen LogP contribution >= 0.6 is 0 Å². The second-order valence-electron chi connectivity index (χ2n) is 10.7. The van der Waals surface area contributed by atoms with Crippen molar-refractivity contribution < 1.29 is 9.16 Å². The molecule has 2 atom stereocenters. The Balaban J connectivity index is 1.58. The zero-order valence-electron chi connectivity index (χ0n) is 21.3. The zero-order valence-corrected chi connectivity index (χ0v) is 22.3. The summed E-state index contributed by atoms with van der Waals surface area (Å²) < 4.78 is 13.6. The molecule has 3 aromatic carbocycles. The first kappa shape index (κ1) is 24.9. The van der Waals surface area contributed by atoms with Gasteiger partial charge in [0.1, 0.15) is 5.60 Å². The zero-order chi connectivity index (χ0) is 24.2. The largest absolute Gasteiger partial charge is 0.403 e. The summed E-state index contributed by atoms with van der Waals surface area (Å²) >= 11 is 0. The van der Waals surface area contributed by atoms with Crippen LogP contribution in [-0.4, -0.2) is 27.0 Å². The number of ether oxygens (including phenoxy) is 1. The predicted molar refractivity (Wildman–Crippen MR) is 144 cm³/mol. The molecule has 1 N–H and O–H groups in total. The summed E-state index contributed by atoms with van der Waals surface area (Å²) in [6.45, 7) is 12.7. The SMILES string of the molecule is CC(C)c1ccc(CO[C@H]2CN[C@H](C(O[Si](C)(C)C)(c3ccccc3)c3ccccc3)C2)cc1. The Morgan fingerprint density at radius 2 is 1.41 bits per heavy atom. The maximum atomic E-state index is 7.15. The van der Waals surface area contributed by atoms with Crippen LogP contribution in [-0.2, 0) is 21.4 Å². The second-order valence-corrected chi connectivity index (χ2v) is 15.1. The Kier molecular flexibility index (Phi) is 7.73. The summed E-state index contributed by atoms with van der Waals surface area (Å²) in [4.78, 5) is 0. The number of benzene rings is 3. The van der Waals surface area contributed by atoms with Gasteiger partial charge in [-0.1, -0.05) is 98.8 Å². The van der Waals surface area contributed by atoms with E-state index in [1.54, 1.807) is 0 Å². The third-order valence-electron chi connectivity index (χ3n) is 6.59. The predicted octanol–water partition coefficient (Wildman–Crippen LogP) is 6.85. The molecule has 0 bridgehead atoms. The summed E-state index contributed by atoms with van der Waals surface area (Å²) in [6, 6.07) is 30.4. The Bertz CT molecular complexity index is 989. The molecule has 0 amide bonds. The number of rotatable bonds is 9. The van der Waals surface area contributed by atoms with E-state index < -0.39 is 13.9 Å². The lowest BCUT2D eigenvalue weighted by atomic mass is 9.79. The average molecular weight is 474 g/mol. The van der Waals surface area contributed by atoms with Crippen molar-refractivity contribution in [1.29, 1.82) is 0 Å². The van der Waals surface area contributed by atoms with Crippen LogP contribution in [0.3, 0.4) is 0 Å². The summed E-state index contributed by atoms with van der Waals surface area (Å²) in [7, 11) is -1.91. The van der Waals surface area contributed by atoms with Crippen LogP contribution in [0.15, 0.2) is 84.9 Å². The van der Waals surface area contributed by atoms with Crippen molar-refractivity contribution in [2.24, 2.45) is 0 Å². The Morgan fingerprint density at radius 3 is 1.91 bits per heavy atom. The maximum absolute atomic E-state index is 7.15. The first-order valence-electron chi connectivity index (χ1n) is 12.5. The van der Waals surface area contributed by atoms with E-state index in [0.717, 1.165) is 13.0 Å². The van der Waals surface area contributed by atoms with Gasteiger partial charge in [0.15, 0.2) is 8.32 Å². The van der Waals surface area contributed by atoms with E-state index in [9.17, 15) is 0 Å². The topological polar surface area (TPSA) is 30.5 Å². The summed E-state index contributed by atoms with van der Waals surface area (Å²) in [5.41, 5.74) is 4.44. The van der Waals surface area contributed by atoms with Gasteiger partial charge in [0.25, 0.3) is 0 Å². The van der Waals surface area contributed by atoms with Gasteiger partial charge < -0.3 is 14.5 Å². The molecule has 3 nitrogen and oxygen atoms in total. The highest BCUT2D eigenvalue weighted by molar-refractivity contribution is 6.69. The third-order valence-corrected chi connectivity index (χ3v) is 7.52. The van der Waals surface area contributed by atoms with E-state index in [2.05, 4.69) is 124 Å². The normalized spacial score (nSPS) is 19.0. The number of hydrogen-bond acceptors (Lipinski definition) is 3. The fourth-order valence-electron chi connectivity index (χ4n) is 4.97. The molecule has 4 heteroatoms. The molecule has 1 saturated heterocycles. The van der Waals surface area contributed by atoms with Crippen LogP contribution in [0.5, 0.6) is 0 Å². The standard InChI is InChI=1S/C30H39NO2Si/c1-23(2)25-18-16-24(17-19-25)22-32-28-20-29(31-21-28)30(33-34(3,4)5,26-12-8-6-9-13-26)27-14-10-7-11-15-27/h6-19,23,28-29,31H,20-22H2,1-5H3/t28-,29+/m1/s1. The van der Waals surface area contributed by atoms with Crippen molar-refractivity contribution in [2.75, 3.05) is 6.54 Å². The lowest BCUT2D eigenvalue weighted by Crippen LogP contribution is -2.53. The molecule has 180 valence electrons. The second kappa shape index (κ2) is 10.6. The van der Waals surface area contributed by atoms with Gasteiger partial charge in [0.05, 0.1) is 12.7 Å². The summed E-state index contributed by atoms with van der Waals surface area (Å²) in [6.07, 6.45) is 1.05. The Morgan fingerprint density at radius 1 is 0.853 bits per heavy atom. The van der Waals surface area contributed by atoms with Crippen LogP contribution in [0.1, 0.15) is 48.4 Å². The molecule has 0 radical (unpaired) electrons. The minimum atomic E-state index is -1.91. The van der Waals surface area contributed by atoms with Gasteiger partial charge in [-0.15, -0.1) is 0 Å². The lowest BCUT2D eigenvalue weighted by Gasteiger charge is -2.44. The van der Waals surface area contributed by atoms with Gasteiger partial charge in [0.2, 0.25) is 0 Å². The van der Waals surface area contributed by atoms with E-state index in [-0.39, 0.29) is 12.1 Å². The van der Waals surface area contributed by atoms with Crippen LogP contribution < -0.4 is 5.32 Å². The smallest absolute Gasteiger partial charge is 0.185 e. The molecule has 1 heterocycles. The highest BCUT2D eigenvalue weighted by Crippen LogP contribution is 2.42. The van der Waals surface area contributed by atoms with Crippen molar-refractivity contribution in [3.63, 3.8) is 0 Å². The van der Waals surface area contributed by atoms with Crippen LogP contribution in [0, 0.1) is 0 Å². The fourth-order valence-corrected chi connectivity index (χ4v) is 6.31.